The van der Waals surface area contributed by atoms with E-state index in [1.165, 1.54) is 11.8 Å². The van der Waals surface area contributed by atoms with Gasteiger partial charge >= 0.3 is 7.82 Å². The van der Waals surface area contributed by atoms with Gasteiger partial charge in [0.15, 0.2) is 5.79 Å². The van der Waals surface area contributed by atoms with Crippen LogP contribution in [0.3, 0.4) is 0 Å². The van der Waals surface area contributed by atoms with E-state index in [0.29, 0.717) is 0 Å². The van der Waals surface area contributed by atoms with E-state index in [1.54, 1.807) is 13.8 Å². The minimum absolute atomic E-state index is 0.238. The normalized spacial score (nSPS) is 36.9. The largest absolute Gasteiger partial charge is 0.475 e. The monoisotopic (exact) mass is 460 g/mol. The van der Waals surface area contributed by atoms with Crippen LogP contribution < -0.4 is 0 Å². The van der Waals surface area contributed by atoms with Crippen molar-refractivity contribution >= 4 is 19.6 Å². The van der Waals surface area contributed by atoms with Gasteiger partial charge in [0.1, 0.15) is 29.9 Å². The minimum atomic E-state index is -3.81. The molecule has 30 heavy (non-hydrogen) atoms. The Bertz CT molecular complexity index is 774. The highest BCUT2D eigenvalue weighted by Crippen LogP contribution is 2.58. The second kappa shape index (κ2) is 8.46. The summed E-state index contributed by atoms with van der Waals surface area (Å²) >= 11 is 1.40. The molecule has 0 spiro atoms. The van der Waals surface area contributed by atoms with E-state index in [2.05, 4.69) is 0 Å². The van der Waals surface area contributed by atoms with Gasteiger partial charge in [-0.05, 0) is 26.0 Å². The third-order valence-corrected chi connectivity index (χ3v) is 7.63. The highest BCUT2D eigenvalue weighted by molar-refractivity contribution is 7.99. The second-order valence-electron chi connectivity index (χ2n) is 8.95. The number of aliphatic hydroxyl groups excluding tert-OH is 1. The molecule has 0 bridgehead atoms. The number of hydrogen-bond donors (Lipinski definition) is 1. The average molecular weight is 460 g/mol. The van der Waals surface area contributed by atoms with E-state index in [-0.39, 0.29) is 25.2 Å². The molecule has 5 unspecified atom stereocenters. The summed E-state index contributed by atoms with van der Waals surface area (Å²) in [6, 6.07) is 9.65. The molecule has 0 amide bonds. The predicted octanol–water partition coefficient (Wildman–Crippen LogP) is 3.58. The zero-order valence-electron chi connectivity index (χ0n) is 17.6. The summed E-state index contributed by atoms with van der Waals surface area (Å²) in [6.45, 7) is 7.77. The van der Waals surface area contributed by atoms with Gasteiger partial charge in [-0.25, -0.2) is 4.57 Å². The van der Waals surface area contributed by atoms with Gasteiger partial charge in [-0.1, -0.05) is 43.8 Å². The molecular weight excluding hydrogens is 431 g/mol. The number of hydrogen-bond acceptors (Lipinski definition) is 9. The number of rotatable bonds is 5. The smallest absolute Gasteiger partial charge is 0.394 e. The summed E-state index contributed by atoms with van der Waals surface area (Å²) in [5, 5.41) is 9.89. The Kier molecular flexibility index (Phi) is 6.40. The molecule has 3 saturated heterocycles. The van der Waals surface area contributed by atoms with Gasteiger partial charge < -0.3 is 19.3 Å². The van der Waals surface area contributed by atoms with Crippen LogP contribution in [0.4, 0.5) is 0 Å². The first-order chi connectivity index (χ1) is 14.1. The van der Waals surface area contributed by atoms with E-state index in [4.69, 9.17) is 27.8 Å². The van der Waals surface area contributed by atoms with Gasteiger partial charge in [-0.15, -0.1) is 0 Å². The zero-order valence-corrected chi connectivity index (χ0v) is 19.3. The quantitative estimate of drug-likeness (QED) is 0.662. The number of ether oxygens (including phenoxy) is 3. The van der Waals surface area contributed by atoms with Crippen LogP contribution in [0.25, 0.3) is 0 Å². The SMILES string of the molecule is CC1(C)COP(=O)(OC2C(Sc3ccccc3)OC(CO)C3OC(C)(C)OC32)OC1. The Labute approximate surface area is 181 Å². The third kappa shape index (κ3) is 4.95. The van der Waals surface area contributed by atoms with E-state index in [9.17, 15) is 9.67 Å². The summed E-state index contributed by atoms with van der Waals surface area (Å²) in [5.74, 6) is -0.898. The fraction of sp³-hybridized carbons (Fsp3) is 0.700. The molecule has 8 nitrogen and oxygen atoms in total. The molecule has 5 atom stereocenters. The summed E-state index contributed by atoms with van der Waals surface area (Å²) < 4.78 is 48.5. The van der Waals surface area contributed by atoms with Crippen LogP contribution in [0.5, 0.6) is 0 Å². The number of thioether (sulfide) groups is 1. The molecule has 3 fully saturated rings. The van der Waals surface area contributed by atoms with Gasteiger partial charge in [0.05, 0.1) is 19.8 Å². The number of phosphoric ester groups is 1. The number of aliphatic hydroxyl groups is 1. The molecule has 3 aliphatic rings. The first kappa shape index (κ1) is 22.7. The van der Waals surface area contributed by atoms with Crippen molar-refractivity contribution in [3.63, 3.8) is 0 Å². The maximum atomic E-state index is 13.2. The van der Waals surface area contributed by atoms with Gasteiger partial charge in [-0.2, -0.15) is 0 Å². The first-order valence-electron chi connectivity index (χ1n) is 10.0. The van der Waals surface area contributed by atoms with E-state index >= 15 is 0 Å². The highest BCUT2D eigenvalue weighted by Gasteiger charge is 2.58. The van der Waals surface area contributed by atoms with Gasteiger partial charge in [0.2, 0.25) is 0 Å². The lowest BCUT2D eigenvalue weighted by molar-refractivity contribution is -0.169. The lowest BCUT2D eigenvalue weighted by atomic mass is 9.97. The van der Waals surface area contributed by atoms with E-state index < -0.39 is 43.5 Å². The molecule has 0 saturated carbocycles. The number of fused-ring (bicyclic) bond motifs is 1. The van der Waals surface area contributed by atoms with Crippen LogP contribution in [0, 0.1) is 5.41 Å². The van der Waals surface area contributed by atoms with Crippen LogP contribution in [-0.4, -0.2) is 60.6 Å². The standard InChI is InChI=1S/C20H29O8PS/c1-19(2)11-23-29(22,24-12-19)28-17-16-15(26-20(3,4)27-16)14(10-21)25-18(17)30-13-8-6-5-7-9-13/h5-9,14-18,21H,10-12H2,1-4H3. The average Bonchev–Trinajstić information content (AvgIpc) is 3.02. The van der Waals surface area contributed by atoms with Crippen LogP contribution in [0.2, 0.25) is 0 Å². The topological polar surface area (TPSA) is 92.7 Å². The highest BCUT2D eigenvalue weighted by atomic mass is 32.2. The van der Waals surface area contributed by atoms with Gasteiger partial charge in [0, 0.05) is 10.3 Å². The van der Waals surface area contributed by atoms with Gasteiger partial charge in [-0.3, -0.25) is 13.6 Å². The Morgan fingerprint density at radius 1 is 1.10 bits per heavy atom. The molecule has 3 heterocycles. The van der Waals surface area contributed by atoms with Gasteiger partial charge in [0.25, 0.3) is 0 Å². The number of phosphoric acid groups is 1. The molecule has 10 heteroatoms. The molecular formula is C20H29O8PS. The Balaban J connectivity index is 1.60. The van der Waals surface area contributed by atoms with Crippen molar-refractivity contribution in [2.45, 2.75) is 68.2 Å². The van der Waals surface area contributed by atoms with Crippen molar-refractivity contribution < 1.29 is 37.5 Å². The van der Waals surface area contributed by atoms with Crippen LogP contribution in [0.15, 0.2) is 35.2 Å². The van der Waals surface area contributed by atoms with E-state index in [1.807, 2.05) is 44.2 Å². The molecule has 4 rings (SSSR count). The minimum Gasteiger partial charge on any atom is -0.394 e. The molecule has 0 radical (unpaired) electrons. The maximum absolute atomic E-state index is 13.2. The van der Waals surface area contributed by atoms with E-state index in [0.717, 1.165) is 4.90 Å². The predicted molar refractivity (Wildman–Crippen MR) is 110 cm³/mol. The summed E-state index contributed by atoms with van der Waals surface area (Å²) in [4.78, 5) is 0.939. The Morgan fingerprint density at radius 2 is 1.73 bits per heavy atom. The fourth-order valence-corrected chi connectivity index (χ4v) is 6.57. The molecule has 0 aliphatic carbocycles. The molecule has 3 aliphatic heterocycles. The number of benzene rings is 1. The first-order valence-corrected chi connectivity index (χ1v) is 12.4. The molecule has 0 aromatic heterocycles. The molecule has 1 aromatic carbocycles. The maximum Gasteiger partial charge on any atom is 0.475 e. The third-order valence-electron chi connectivity index (χ3n) is 5.08. The summed E-state index contributed by atoms with van der Waals surface area (Å²) in [6.07, 6.45) is -2.58. The lowest BCUT2D eigenvalue weighted by Crippen LogP contribution is -2.57. The summed E-state index contributed by atoms with van der Waals surface area (Å²) in [5.41, 5.74) is -0.867. The lowest BCUT2D eigenvalue weighted by Gasteiger charge is -2.43. The molecule has 1 aromatic rings. The zero-order chi connectivity index (χ0) is 21.6. The molecule has 168 valence electrons. The van der Waals surface area contributed by atoms with Crippen LogP contribution in [-0.2, 0) is 32.3 Å². The van der Waals surface area contributed by atoms with Crippen molar-refractivity contribution in [2.24, 2.45) is 5.41 Å². The van der Waals surface area contributed by atoms with Crippen LogP contribution >= 0.6 is 19.6 Å². The second-order valence-corrected chi connectivity index (χ2v) is 11.7. The molecule has 1 N–H and O–H groups in total. The fourth-order valence-electron chi connectivity index (χ4n) is 3.62. The van der Waals surface area contributed by atoms with Crippen molar-refractivity contribution in [1.82, 2.24) is 0 Å². The van der Waals surface area contributed by atoms with Crippen molar-refractivity contribution in [3.8, 4) is 0 Å². The van der Waals surface area contributed by atoms with Crippen molar-refractivity contribution in [1.29, 1.82) is 0 Å². The van der Waals surface area contributed by atoms with Crippen molar-refractivity contribution in [2.75, 3.05) is 19.8 Å². The summed E-state index contributed by atoms with van der Waals surface area (Å²) in [7, 11) is -3.81. The Hall–Kier alpha value is -0.480. The Morgan fingerprint density at radius 3 is 2.37 bits per heavy atom. The van der Waals surface area contributed by atoms with Crippen LogP contribution in [0.1, 0.15) is 27.7 Å². The van der Waals surface area contributed by atoms with Crippen molar-refractivity contribution in [3.05, 3.63) is 30.3 Å².